The quantitative estimate of drug-likeness (QED) is 0.722. The van der Waals surface area contributed by atoms with Crippen molar-refractivity contribution in [3.63, 3.8) is 0 Å². The van der Waals surface area contributed by atoms with Crippen LogP contribution in [0.4, 0.5) is 0 Å². The second kappa shape index (κ2) is 6.92. The number of carbonyl (C=O) groups is 1. The minimum atomic E-state index is -3.83. The van der Waals surface area contributed by atoms with Gasteiger partial charge in [0.25, 0.3) is 15.0 Å². The zero-order valence-electron chi connectivity index (χ0n) is 9.74. The van der Waals surface area contributed by atoms with Crippen molar-refractivity contribution in [1.82, 2.24) is 5.32 Å². The molecule has 0 fully saturated rings. The summed E-state index contributed by atoms with van der Waals surface area (Å²) in [6, 6.07) is 2.61. The van der Waals surface area contributed by atoms with E-state index in [0.717, 1.165) is 0 Å². The summed E-state index contributed by atoms with van der Waals surface area (Å²) in [4.78, 5) is 11.2. The fraction of sp³-hybridized carbons (Fsp3) is 0.300. The predicted octanol–water partition coefficient (Wildman–Crippen LogP) is 2.65. The Morgan fingerprint density at radius 2 is 1.89 bits per heavy atom. The second-order valence-corrected chi connectivity index (χ2v) is 7.67. The molecule has 0 saturated heterocycles. The molecule has 0 heterocycles. The summed E-state index contributed by atoms with van der Waals surface area (Å²) in [5, 5.41) is 2.58. The van der Waals surface area contributed by atoms with Gasteiger partial charge in [0.2, 0.25) is 0 Å². The van der Waals surface area contributed by atoms with Gasteiger partial charge in [-0.1, -0.05) is 0 Å². The first-order valence-corrected chi connectivity index (χ1v) is 8.98. The first-order chi connectivity index (χ1) is 8.75. The van der Waals surface area contributed by atoms with E-state index in [9.17, 15) is 13.2 Å². The average molecular weight is 436 g/mol. The fourth-order valence-corrected chi connectivity index (χ4v) is 3.70. The molecular formula is C10H10Br2ClNO4S. The van der Waals surface area contributed by atoms with Crippen LogP contribution in [0.25, 0.3) is 0 Å². The van der Waals surface area contributed by atoms with Gasteiger partial charge in [0.1, 0.15) is 5.75 Å². The zero-order valence-corrected chi connectivity index (χ0v) is 14.5. The van der Waals surface area contributed by atoms with Gasteiger partial charge in [-0.05, 0) is 50.9 Å². The SMILES string of the molecule is CCNC(=O)COc1c(Br)cc(S(=O)(=O)Cl)cc1Br. The van der Waals surface area contributed by atoms with E-state index in [1.165, 1.54) is 12.1 Å². The summed E-state index contributed by atoms with van der Waals surface area (Å²) in [7, 11) is 1.42. The van der Waals surface area contributed by atoms with Gasteiger partial charge in [-0.2, -0.15) is 0 Å². The minimum Gasteiger partial charge on any atom is -0.481 e. The highest BCUT2D eigenvalue weighted by atomic mass is 79.9. The maximum absolute atomic E-state index is 11.3. The number of amides is 1. The molecule has 0 aliphatic carbocycles. The molecule has 1 aromatic rings. The third kappa shape index (κ3) is 4.94. The van der Waals surface area contributed by atoms with Crippen LogP contribution in [0.5, 0.6) is 5.75 Å². The maximum atomic E-state index is 11.3. The lowest BCUT2D eigenvalue weighted by molar-refractivity contribution is -0.123. The van der Waals surface area contributed by atoms with Gasteiger partial charge in [-0.3, -0.25) is 4.79 Å². The van der Waals surface area contributed by atoms with Gasteiger partial charge in [-0.25, -0.2) is 8.42 Å². The van der Waals surface area contributed by atoms with Gasteiger partial charge in [-0.15, -0.1) is 0 Å². The summed E-state index contributed by atoms with van der Waals surface area (Å²) >= 11 is 6.34. The van der Waals surface area contributed by atoms with Crippen molar-refractivity contribution >= 4 is 57.5 Å². The van der Waals surface area contributed by atoms with E-state index >= 15 is 0 Å². The molecule has 1 aromatic carbocycles. The van der Waals surface area contributed by atoms with Crippen LogP contribution in [0.3, 0.4) is 0 Å². The number of hydrogen-bond donors (Lipinski definition) is 1. The molecule has 1 amide bonds. The highest BCUT2D eigenvalue weighted by molar-refractivity contribution is 9.11. The molecule has 106 valence electrons. The molecule has 0 atom stereocenters. The van der Waals surface area contributed by atoms with Gasteiger partial charge in [0.05, 0.1) is 13.8 Å². The Morgan fingerprint density at radius 1 is 1.37 bits per heavy atom. The molecule has 19 heavy (non-hydrogen) atoms. The zero-order chi connectivity index (χ0) is 14.6. The Morgan fingerprint density at radius 3 is 2.32 bits per heavy atom. The summed E-state index contributed by atoms with van der Waals surface area (Å²) < 4.78 is 28.5. The van der Waals surface area contributed by atoms with Gasteiger partial charge < -0.3 is 10.1 Å². The van der Waals surface area contributed by atoms with Crippen molar-refractivity contribution in [2.75, 3.05) is 13.2 Å². The number of rotatable bonds is 5. The Kier molecular flexibility index (Phi) is 6.10. The number of benzene rings is 1. The molecule has 0 unspecified atom stereocenters. The molecule has 1 N–H and O–H groups in total. The molecular weight excluding hydrogens is 425 g/mol. The largest absolute Gasteiger partial charge is 0.481 e. The molecule has 0 aromatic heterocycles. The normalized spacial score (nSPS) is 11.2. The first-order valence-electron chi connectivity index (χ1n) is 5.09. The topological polar surface area (TPSA) is 72.5 Å². The summed E-state index contributed by atoms with van der Waals surface area (Å²) in [6.07, 6.45) is 0. The van der Waals surface area contributed by atoms with Crippen LogP contribution < -0.4 is 10.1 Å². The Bertz CT molecular complexity index is 568. The molecule has 0 aliphatic rings. The fourth-order valence-electron chi connectivity index (χ4n) is 1.20. The highest BCUT2D eigenvalue weighted by Gasteiger charge is 2.17. The third-order valence-corrected chi connectivity index (χ3v) is 4.49. The van der Waals surface area contributed by atoms with Crippen molar-refractivity contribution in [1.29, 1.82) is 0 Å². The molecule has 0 saturated carbocycles. The lowest BCUT2D eigenvalue weighted by Gasteiger charge is -2.11. The maximum Gasteiger partial charge on any atom is 0.261 e. The number of ether oxygens (including phenoxy) is 1. The van der Waals surface area contributed by atoms with E-state index in [0.29, 0.717) is 21.2 Å². The number of likely N-dealkylation sites (N-methyl/N-ethyl adjacent to an activating group) is 1. The van der Waals surface area contributed by atoms with Crippen LogP contribution in [0.15, 0.2) is 26.0 Å². The van der Waals surface area contributed by atoms with Gasteiger partial charge in [0.15, 0.2) is 6.61 Å². The smallest absolute Gasteiger partial charge is 0.261 e. The standard InChI is InChI=1S/C10H10Br2ClNO4S/c1-2-14-9(15)5-18-10-7(11)3-6(4-8(10)12)19(13,16)17/h3-4H,2,5H2,1H3,(H,14,15). The minimum absolute atomic E-state index is 0.0710. The van der Waals surface area contributed by atoms with Crippen LogP contribution in [-0.4, -0.2) is 27.5 Å². The van der Waals surface area contributed by atoms with E-state index in [1.807, 2.05) is 0 Å². The molecule has 0 aliphatic heterocycles. The monoisotopic (exact) mass is 433 g/mol. The molecule has 0 radical (unpaired) electrons. The predicted molar refractivity (Wildman–Crippen MR) is 79.1 cm³/mol. The van der Waals surface area contributed by atoms with Crippen LogP contribution >= 0.6 is 42.5 Å². The van der Waals surface area contributed by atoms with E-state index in [1.54, 1.807) is 6.92 Å². The number of hydrogen-bond acceptors (Lipinski definition) is 4. The summed E-state index contributed by atoms with van der Waals surface area (Å²) in [5.41, 5.74) is 0. The van der Waals surface area contributed by atoms with E-state index in [4.69, 9.17) is 15.4 Å². The average Bonchev–Trinajstić information content (AvgIpc) is 2.26. The number of nitrogens with one attached hydrogen (secondary N) is 1. The first kappa shape index (κ1) is 16.7. The van der Waals surface area contributed by atoms with Crippen molar-refractivity contribution < 1.29 is 17.9 Å². The van der Waals surface area contributed by atoms with Gasteiger partial charge in [0, 0.05) is 17.2 Å². The lowest BCUT2D eigenvalue weighted by atomic mass is 10.3. The second-order valence-electron chi connectivity index (χ2n) is 3.40. The van der Waals surface area contributed by atoms with Crippen LogP contribution in [0, 0.1) is 0 Å². The van der Waals surface area contributed by atoms with Crippen LogP contribution in [-0.2, 0) is 13.8 Å². The van der Waals surface area contributed by atoms with Crippen molar-refractivity contribution in [3.05, 3.63) is 21.1 Å². The van der Waals surface area contributed by atoms with Crippen molar-refractivity contribution in [2.45, 2.75) is 11.8 Å². The van der Waals surface area contributed by atoms with Crippen LogP contribution in [0.1, 0.15) is 6.92 Å². The lowest BCUT2D eigenvalue weighted by Crippen LogP contribution is -2.28. The van der Waals surface area contributed by atoms with Crippen molar-refractivity contribution in [3.8, 4) is 5.75 Å². The van der Waals surface area contributed by atoms with E-state index in [-0.39, 0.29) is 17.4 Å². The Balaban J connectivity index is 2.95. The third-order valence-electron chi connectivity index (χ3n) is 1.97. The van der Waals surface area contributed by atoms with Crippen LogP contribution in [0.2, 0.25) is 0 Å². The Labute approximate surface area is 132 Å². The van der Waals surface area contributed by atoms with E-state index in [2.05, 4.69) is 37.2 Å². The number of carbonyl (C=O) groups excluding carboxylic acids is 1. The van der Waals surface area contributed by atoms with E-state index < -0.39 is 9.05 Å². The Hall–Kier alpha value is -0.310. The van der Waals surface area contributed by atoms with Gasteiger partial charge >= 0.3 is 0 Å². The molecule has 9 heteroatoms. The molecule has 0 bridgehead atoms. The highest BCUT2D eigenvalue weighted by Crippen LogP contribution is 2.36. The number of halogens is 3. The van der Waals surface area contributed by atoms with Crippen molar-refractivity contribution in [2.24, 2.45) is 0 Å². The molecule has 1 rings (SSSR count). The molecule has 5 nitrogen and oxygen atoms in total. The molecule has 0 spiro atoms. The summed E-state index contributed by atoms with van der Waals surface area (Å²) in [5.74, 6) is 0.0608. The summed E-state index contributed by atoms with van der Waals surface area (Å²) in [6.45, 7) is 2.13.